The van der Waals surface area contributed by atoms with E-state index in [1.807, 2.05) is 60.7 Å². The Morgan fingerprint density at radius 2 is 1.50 bits per heavy atom. The molecule has 5 heteroatoms. The first-order valence-electron chi connectivity index (χ1n) is 9.10. The topological polar surface area (TPSA) is 60.0 Å². The molecule has 3 aromatic carbocycles. The first-order chi connectivity index (χ1) is 13.8. The van der Waals surface area contributed by atoms with Crippen molar-refractivity contribution in [3.8, 4) is 5.75 Å². The molecule has 0 heterocycles. The largest absolute Gasteiger partial charge is 0.493 e. The smallest absolute Gasteiger partial charge is 0.180 e. The lowest BCUT2D eigenvalue weighted by molar-refractivity contribution is 0.321. The van der Waals surface area contributed by atoms with E-state index in [4.69, 9.17) is 10.5 Å². The van der Waals surface area contributed by atoms with Crippen molar-refractivity contribution in [2.75, 3.05) is 6.61 Å². The minimum absolute atomic E-state index is 0.433. The van der Waals surface area contributed by atoms with Gasteiger partial charge in [0.15, 0.2) is 5.17 Å². The third-order valence-electron chi connectivity index (χ3n) is 3.99. The van der Waals surface area contributed by atoms with Gasteiger partial charge in [-0.1, -0.05) is 84.6 Å². The van der Waals surface area contributed by atoms with Gasteiger partial charge in [0, 0.05) is 17.7 Å². The Hall–Kier alpha value is -3.05. The van der Waals surface area contributed by atoms with Gasteiger partial charge in [-0.2, -0.15) is 5.10 Å². The fourth-order valence-electron chi connectivity index (χ4n) is 2.55. The van der Waals surface area contributed by atoms with Gasteiger partial charge in [0.2, 0.25) is 0 Å². The molecule has 0 unspecified atom stereocenters. The summed E-state index contributed by atoms with van der Waals surface area (Å²) < 4.78 is 5.93. The molecule has 0 atom stereocenters. The van der Waals surface area contributed by atoms with Crippen LogP contribution in [0.5, 0.6) is 5.75 Å². The molecule has 0 amide bonds. The summed E-state index contributed by atoms with van der Waals surface area (Å²) in [4.78, 5) is 0. The summed E-state index contributed by atoms with van der Waals surface area (Å²) in [5.74, 6) is 1.55. The first kappa shape index (κ1) is 19.7. The molecule has 0 saturated heterocycles. The lowest BCUT2D eigenvalue weighted by Gasteiger charge is -2.08. The lowest BCUT2D eigenvalue weighted by atomic mass is 10.2. The van der Waals surface area contributed by atoms with E-state index < -0.39 is 0 Å². The SMILES string of the molecule is NC(=NN=Cc1ccccc1OCCc1ccccc1)SCc1ccccc1. The van der Waals surface area contributed by atoms with E-state index >= 15 is 0 Å². The summed E-state index contributed by atoms with van der Waals surface area (Å²) in [5.41, 5.74) is 9.26. The van der Waals surface area contributed by atoms with Crippen LogP contribution in [0.15, 0.2) is 95.1 Å². The quantitative estimate of drug-likeness (QED) is 0.339. The molecule has 0 aliphatic heterocycles. The van der Waals surface area contributed by atoms with Gasteiger partial charge < -0.3 is 10.5 Å². The summed E-state index contributed by atoms with van der Waals surface area (Å²) in [7, 11) is 0. The second-order valence-corrected chi connectivity index (χ2v) is 7.07. The minimum Gasteiger partial charge on any atom is -0.493 e. The fourth-order valence-corrected chi connectivity index (χ4v) is 3.16. The molecule has 0 radical (unpaired) electrons. The molecule has 0 saturated carbocycles. The van der Waals surface area contributed by atoms with Crippen molar-refractivity contribution in [3.63, 3.8) is 0 Å². The van der Waals surface area contributed by atoms with E-state index in [1.165, 1.54) is 22.9 Å². The molecule has 0 aromatic heterocycles. The van der Waals surface area contributed by atoms with E-state index in [0.717, 1.165) is 23.5 Å². The summed E-state index contributed by atoms with van der Waals surface area (Å²) in [6.45, 7) is 0.604. The third-order valence-corrected chi connectivity index (χ3v) is 4.85. The van der Waals surface area contributed by atoms with Crippen LogP contribution in [0.3, 0.4) is 0 Å². The van der Waals surface area contributed by atoms with Crippen LogP contribution in [0.4, 0.5) is 0 Å². The van der Waals surface area contributed by atoms with Crippen LogP contribution in [0.1, 0.15) is 16.7 Å². The van der Waals surface area contributed by atoms with Crippen LogP contribution in [0, 0.1) is 0 Å². The minimum atomic E-state index is 0.433. The molecule has 2 N–H and O–H groups in total. The number of nitrogens with two attached hydrogens (primary N) is 1. The maximum Gasteiger partial charge on any atom is 0.180 e. The number of thioether (sulfide) groups is 1. The van der Waals surface area contributed by atoms with E-state index in [2.05, 4.69) is 34.5 Å². The van der Waals surface area contributed by atoms with Crippen LogP contribution in [-0.4, -0.2) is 18.0 Å². The Kier molecular flexibility index (Phi) is 7.70. The van der Waals surface area contributed by atoms with Crippen LogP contribution in [0.2, 0.25) is 0 Å². The number of hydrogen-bond acceptors (Lipinski definition) is 4. The molecule has 142 valence electrons. The molecule has 0 bridgehead atoms. The Labute approximate surface area is 170 Å². The highest BCUT2D eigenvalue weighted by atomic mass is 32.2. The molecule has 4 nitrogen and oxygen atoms in total. The van der Waals surface area contributed by atoms with E-state index in [-0.39, 0.29) is 0 Å². The monoisotopic (exact) mass is 389 g/mol. The van der Waals surface area contributed by atoms with E-state index in [9.17, 15) is 0 Å². The van der Waals surface area contributed by atoms with Crippen LogP contribution < -0.4 is 10.5 Å². The first-order valence-corrected chi connectivity index (χ1v) is 10.1. The molecule has 3 aromatic rings. The zero-order valence-electron chi connectivity index (χ0n) is 15.6. The summed E-state index contributed by atoms with van der Waals surface area (Å²) >= 11 is 1.46. The third kappa shape index (κ3) is 6.59. The molecular formula is C23H23N3OS. The Morgan fingerprint density at radius 1 is 0.857 bits per heavy atom. The van der Waals surface area contributed by atoms with Crippen LogP contribution in [0.25, 0.3) is 0 Å². The van der Waals surface area contributed by atoms with Gasteiger partial charge in [-0.3, -0.25) is 0 Å². The molecule has 28 heavy (non-hydrogen) atoms. The van der Waals surface area contributed by atoms with Crippen molar-refractivity contribution in [3.05, 3.63) is 102 Å². The van der Waals surface area contributed by atoms with E-state index in [0.29, 0.717) is 11.8 Å². The normalized spacial score (nSPS) is 11.6. The van der Waals surface area contributed by atoms with Gasteiger partial charge in [0.05, 0.1) is 12.8 Å². The average molecular weight is 390 g/mol. The summed E-state index contributed by atoms with van der Waals surface area (Å²) in [6.07, 6.45) is 2.53. The van der Waals surface area contributed by atoms with Crippen molar-refractivity contribution in [2.45, 2.75) is 12.2 Å². The zero-order chi connectivity index (χ0) is 19.4. The summed E-state index contributed by atoms with van der Waals surface area (Å²) in [5, 5.41) is 8.63. The number of nitrogens with zero attached hydrogens (tertiary/aromatic N) is 2. The van der Waals surface area contributed by atoms with Gasteiger partial charge in [-0.05, 0) is 23.3 Å². The Bertz CT molecular complexity index is 911. The number of hydrogen-bond donors (Lipinski definition) is 1. The second kappa shape index (κ2) is 10.9. The molecule has 0 aliphatic rings. The second-order valence-electron chi connectivity index (χ2n) is 6.08. The fraction of sp³-hybridized carbons (Fsp3) is 0.130. The highest BCUT2D eigenvalue weighted by molar-refractivity contribution is 8.13. The van der Waals surface area contributed by atoms with Crippen LogP contribution in [-0.2, 0) is 12.2 Å². The van der Waals surface area contributed by atoms with Crippen molar-refractivity contribution in [2.24, 2.45) is 15.9 Å². The number of ether oxygens (including phenoxy) is 1. The maximum atomic E-state index is 5.94. The van der Waals surface area contributed by atoms with Crippen molar-refractivity contribution in [1.82, 2.24) is 0 Å². The van der Waals surface area contributed by atoms with Crippen molar-refractivity contribution < 1.29 is 4.74 Å². The van der Waals surface area contributed by atoms with E-state index in [1.54, 1.807) is 6.21 Å². The van der Waals surface area contributed by atoms with Gasteiger partial charge in [-0.25, -0.2) is 0 Å². The molecule has 0 fully saturated rings. The Balaban J connectivity index is 1.53. The number of amidine groups is 1. The predicted octanol–water partition coefficient (Wildman–Crippen LogP) is 4.89. The van der Waals surface area contributed by atoms with Gasteiger partial charge in [0.25, 0.3) is 0 Å². The Morgan fingerprint density at radius 3 is 2.25 bits per heavy atom. The van der Waals surface area contributed by atoms with Gasteiger partial charge in [-0.15, -0.1) is 5.10 Å². The summed E-state index contributed by atoms with van der Waals surface area (Å²) in [6, 6.07) is 28.2. The van der Waals surface area contributed by atoms with Crippen LogP contribution >= 0.6 is 11.8 Å². The number of rotatable bonds is 8. The standard InChI is InChI=1S/C23H23N3OS/c24-23(28-18-20-11-5-2-6-12-20)26-25-17-21-13-7-8-14-22(21)27-16-15-19-9-3-1-4-10-19/h1-14,17H,15-16,18H2,(H2,24,26). The average Bonchev–Trinajstić information content (AvgIpc) is 2.75. The van der Waals surface area contributed by atoms with Gasteiger partial charge >= 0.3 is 0 Å². The highest BCUT2D eigenvalue weighted by Gasteiger charge is 2.01. The number of para-hydroxylation sites is 1. The zero-order valence-corrected chi connectivity index (χ0v) is 16.4. The maximum absolute atomic E-state index is 5.94. The number of benzene rings is 3. The van der Waals surface area contributed by atoms with Crippen molar-refractivity contribution >= 4 is 23.1 Å². The van der Waals surface area contributed by atoms with Crippen molar-refractivity contribution in [1.29, 1.82) is 0 Å². The van der Waals surface area contributed by atoms with Gasteiger partial charge in [0.1, 0.15) is 5.75 Å². The molecule has 0 spiro atoms. The highest BCUT2D eigenvalue weighted by Crippen LogP contribution is 2.17. The molecule has 3 rings (SSSR count). The molecular weight excluding hydrogens is 366 g/mol. The predicted molar refractivity (Wildman–Crippen MR) is 119 cm³/mol. The molecule has 0 aliphatic carbocycles. The lowest BCUT2D eigenvalue weighted by Crippen LogP contribution is -2.06.